The highest BCUT2D eigenvalue weighted by Crippen LogP contribution is 2.32. The van der Waals surface area contributed by atoms with Crippen molar-refractivity contribution in [2.45, 2.75) is 44.2 Å². The zero-order valence-electron chi connectivity index (χ0n) is 12.8. The molecule has 1 aromatic carbocycles. The Morgan fingerprint density at radius 2 is 2.10 bits per heavy atom. The lowest BCUT2D eigenvalue weighted by Gasteiger charge is -2.37. The molecular formula is C15H23BrN2O2S. The predicted molar refractivity (Wildman–Crippen MR) is 88.7 cm³/mol. The lowest BCUT2D eigenvalue weighted by atomic mass is 9.94. The summed E-state index contributed by atoms with van der Waals surface area (Å²) in [6.07, 6.45) is 2.02. The SMILES string of the molecule is CNCc1ccc(Br)c(S(=O)(=O)N2CCCC(C)C2C)c1. The molecule has 0 saturated carbocycles. The van der Waals surface area contributed by atoms with Gasteiger partial charge in [-0.1, -0.05) is 13.0 Å². The van der Waals surface area contributed by atoms with Crippen molar-refractivity contribution in [2.75, 3.05) is 13.6 Å². The Bertz CT molecular complexity index is 604. The molecule has 0 radical (unpaired) electrons. The number of benzene rings is 1. The summed E-state index contributed by atoms with van der Waals surface area (Å²) >= 11 is 3.39. The molecule has 1 saturated heterocycles. The number of rotatable bonds is 4. The Hall–Kier alpha value is -0.430. The second-order valence-corrected chi connectivity index (χ2v) is 8.48. The van der Waals surface area contributed by atoms with Gasteiger partial charge in [0.05, 0.1) is 4.90 Å². The maximum Gasteiger partial charge on any atom is 0.244 e. The molecule has 1 fully saturated rings. The van der Waals surface area contributed by atoms with Crippen molar-refractivity contribution in [1.29, 1.82) is 0 Å². The fraction of sp³-hybridized carbons (Fsp3) is 0.600. The minimum absolute atomic E-state index is 0.0450. The number of nitrogens with one attached hydrogen (secondary N) is 1. The van der Waals surface area contributed by atoms with Crippen LogP contribution in [0.2, 0.25) is 0 Å². The number of hydrogen-bond acceptors (Lipinski definition) is 3. The molecule has 1 N–H and O–H groups in total. The van der Waals surface area contributed by atoms with Crippen LogP contribution in [-0.4, -0.2) is 32.4 Å². The van der Waals surface area contributed by atoms with E-state index < -0.39 is 10.0 Å². The standard InChI is InChI=1S/C15H23BrN2O2S/c1-11-5-4-8-18(12(11)2)21(19,20)15-9-13(10-17-3)6-7-14(15)16/h6-7,9,11-12,17H,4-5,8,10H2,1-3H3. The monoisotopic (exact) mass is 374 g/mol. The second kappa shape index (κ2) is 6.77. The number of piperidine rings is 1. The molecule has 1 aromatic rings. The molecule has 0 amide bonds. The van der Waals surface area contributed by atoms with Crippen LogP contribution in [0.25, 0.3) is 0 Å². The molecule has 2 atom stereocenters. The molecule has 0 spiro atoms. The maximum atomic E-state index is 13.0. The number of hydrogen-bond donors (Lipinski definition) is 1. The zero-order chi connectivity index (χ0) is 15.6. The number of sulfonamides is 1. The molecule has 0 aromatic heterocycles. The van der Waals surface area contributed by atoms with Crippen LogP contribution in [0, 0.1) is 5.92 Å². The van der Waals surface area contributed by atoms with E-state index in [0.717, 1.165) is 18.4 Å². The summed E-state index contributed by atoms with van der Waals surface area (Å²) in [4.78, 5) is 0.371. The molecular weight excluding hydrogens is 352 g/mol. The van der Waals surface area contributed by atoms with E-state index in [1.807, 2.05) is 26.1 Å². The van der Waals surface area contributed by atoms with Gasteiger partial charge in [0.25, 0.3) is 0 Å². The Labute approximate surface area is 136 Å². The van der Waals surface area contributed by atoms with Crippen molar-refractivity contribution in [2.24, 2.45) is 5.92 Å². The highest BCUT2D eigenvalue weighted by atomic mass is 79.9. The van der Waals surface area contributed by atoms with Crippen LogP contribution in [0.4, 0.5) is 0 Å². The first-order chi connectivity index (χ1) is 9.87. The van der Waals surface area contributed by atoms with Crippen LogP contribution < -0.4 is 5.32 Å². The van der Waals surface area contributed by atoms with Crippen molar-refractivity contribution >= 4 is 26.0 Å². The van der Waals surface area contributed by atoms with Gasteiger partial charge < -0.3 is 5.32 Å². The Kier molecular flexibility index (Phi) is 5.46. The summed E-state index contributed by atoms with van der Waals surface area (Å²) in [5.74, 6) is 0.396. The fourth-order valence-electron chi connectivity index (χ4n) is 2.82. The third-order valence-corrected chi connectivity index (χ3v) is 7.26. The number of nitrogens with zero attached hydrogens (tertiary/aromatic N) is 1. The summed E-state index contributed by atoms with van der Waals surface area (Å²) in [6.45, 7) is 5.39. The lowest BCUT2D eigenvalue weighted by molar-refractivity contribution is 0.202. The molecule has 2 unspecified atom stereocenters. The molecule has 0 bridgehead atoms. The van der Waals surface area contributed by atoms with E-state index in [-0.39, 0.29) is 6.04 Å². The van der Waals surface area contributed by atoms with Crippen molar-refractivity contribution in [1.82, 2.24) is 9.62 Å². The third kappa shape index (κ3) is 3.50. The van der Waals surface area contributed by atoms with Gasteiger partial charge in [-0.15, -0.1) is 0 Å². The summed E-state index contributed by atoms with van der Waals surface area (Å²) in [7, 11) is -1.61. The van der Waals surface area contributed by atoms with E-state index in [9.17, 15) is 8.42 Å². The van der Waals surface area contributed by atoms with Crippen molar-refractivity contribution < 1.29 is 8.42 Å². The van der Waals surface area contributed by atoms with Gasteiger partial charge >= 0.3 is 0 Å². The highest BCUT2D eigenvalue weighted by molar-refractivity contribution is 9.10. The Morgan fingerprint density at radius 1 is 1.38 bits per heavy atom. The van der Waals surface area contributed by atoms with E-state index >= 15 is 0 Å². The summed E-state index contributed by atoms with van der Waals surface area (Å²) in [6, 6.07) is 5.56. The first kappa shape index (κ1) is 16.9. The van der Waals surface area contributed by atoms with Crippen LogP contribution in [0.5, 0.6) is 0 Å². The van der Waals surface area contributed by atoms with Gasteiger partial charge in [0.1, 0.15) is 0 Å². The molecule has 1 heterocycles. The second-order valence-electron chi connectivity index (χ2n) is 5.77. The first-order valence-corrected chi connectivity index (χ1v) is 9.56. The van der Waals surface area contributed by atoms with E-state index in [4.69, 9.17) is 0 Å². The van der Waals surface area contributed by atoms with Gasteiger partial charge in [-0.2, -0.15) is 4.31 Å². The van der Waals surface area contributed by atoms with Crippen LogP contribution in [0.1, 0.15) is 32.3 Å². The minimum Gasteiger partial charge on any atom is -0.316 e. The molecule has 1 aliphatic heterocycles. The van der Waals surface area contributed by atoms with Crippen LogP contribution >= 0.6 is 15.9 Å². The third-order valence-electron chi connectivity index (χ3n) is 4.28. The van der Waals surface area contributed by atoms with E-state index in [1.54, 1.807) is 10.4 Å². The molecule has 118 valence electrons. The fourth-order valence-corrected chi connectivity index (χ4v) is 5.57. The highest BCUT2D eigenvalue weighted by Gasteiger charge is 2.35. The molecule has 21 heavy (non-hydrogen) atoms. The largest absolute Gasteiger partial charge is 0.316 e. The van der Waals surface area contributed by atoms with Crippen LogP contribution in [-0.2, 0) is 16.6 Å². The van der Waals surface area contributed by atoms with Gasteiger partial charge in [0.15, 0.2) is 0 Å². The lowest BCUT2D eigenvalue weighted by Crippen LogP contribution is -2.46. The van der Waals surface area contributed by atoms with Gasteiger partial charge in [0, 0.05) is 23.6 Å². The molecule has 2 rings (SSSR count). The average molecular weight is 375 g/mol. The van der Waals surface area contributed by atoms with E-state index in [1.165, 1.54) is 0 Å². The molecule has 0 aliphatic carbocycles. The Morgan fingerprint density at radius 3 is 2.76 bits per heavy atom. The predicted octanol–water partition coefficient (Wildman–Crippen LogP) is 2.98. The van der Waals surface area contributed by atoms with Crippen molar-refractivity contribution in [3.63, 3.8) is 0 Å². The maximum absolute atomic E-state index is 13.0. The number of halogens is 1. The van der Waals surface area contributed by atoms with Gasteiger partial charge in [-0.3, -0.25) is 0 Å². The summed E-state index contributed by atoms with van der Waals surface area (Å²) in [5, 5.41) is 3.05. The van der Waals surface area contributed by atoms with Gasteiger partial charge in [-0.25, -0.2) is 8.42 Å². The van der Waals surface area contributed by atoms with E-state index in [0.29, 0.717) is 28.4 Å². The molecule has 6 heteroatoms. The van der Waals surface area contributed by atoms with Gasteiger partial charge in [-0.05, 0) is 66.4 Å². The smallest absolute Gasteiger partial charge is 0.244 e. The quantitative estimate of drug-likeness (QED) is 0.880. The van der Waals surface area contributed by atoms with Crippen LogP contribution in [0.15, 0.2) is 27.6 Å². The summed E-state index contributed by atoms with van der Waals surface area (Å²) < 4.78 is 28.3. The van der Waals surface area contributed by atoms with Crippen molar-refractivity contribution in [3.8, 4) is 0 Å². The van der Waals surface area contributed by atoms with Crippen molar-refractivity contribution in [3.05, 3.63) is 28.2 Å². The molecule has 1 aliphatic rings. The van der Waals surface area contributed by atoms with Crippen LogP contribution in [0.3, 0.4) is 0 Å². The van der Waals surface area contributed by atoms with E-state index in [2.05, 4.69) is 28.2 Å². The summed E-state index contributed by atoms with van der Waals surface area (Å²) in [5.41, 5.74) is 0.969. The first-order valence-electron chi connectivity index (χ1n) is 7.32. The normalized spacial score (nSPS) is 24.2. The Balaban J connectivity index is 2.41. The minimum atomic E-state index is -3.46. The van der Waals surface area contributed by atoms with Gasteiger partial charge in [0.2, 0.25) is 10.0 Å². The average Bonchev–Trinajstić information content (AvgIpc) is 2.44. The topological polar surface area (TPSA) is 49.4 Å². The molecule has 4 nitrogen and oxygen atoms in total. The zero-order valence-corrected chi connectivity index (χ0v) is 15.2.